The summed E-state index contributed by atoms with van der Waals surface area (Å²) < 4.78 is 42.2. The Bertz CT molecular complexity index is 950. The number of hydrogen-bond donors (Lipinski definition) is 0. The molecule has 11 heteroatoms. The number of allylic oxidation sites excluding steroid dienone is 1. The molecule has 1 fully saturated rings. The lowest BCUT2D eigenvalue weighted by atomic mass is 9.85. The van der Waals surface area contributed by atoms with Gasteiger partial charge in [0.05, 0.1) is 16.7 Å². The summed E-state index contributed by atoms with van der Waals surface area (Å²) in [7, 11) is -3.21. The maximum atomic E-state index is 13.4. The van der Waals surface area contributed by atoms with Crippen molar-refractivity contribution in [1.29, 1.82) is 0 Å². The fourth-order valence-electron chi connectivity index (χ4n) is 3.14. The van der Waals surface area contributed by atoms with Crippen LogP contribution in [0.15, 0.2) is 11.3 Å². The zero-order valence-electron chi connectivity index (χ0n) is 19.0. The monoisotopic (exact) mass is 459 g/mol. The van der Waals surface area contributed by atoms with Crippen LogP contribution in [0.5, 0.6) is 0 Å². The topological polar surface area (TPSA) is 133 Å². The molecular formula is C20H29NO9S. The van der Waals surface area contributed by atoms with Crippen molar-refractivity contribution in [3.63, 3.8) is 0 Å². The van der Waals surface area contributed by atoms with Gasteiger partial charge < -0.3 is 14.2 Å². The van der Waals surface area contributed by atoms with E-state index in [4.69, 9.17) is 14.2 Å². The van der Waals surface area contributed by atoms with E-state index in [1.165, 1.54) is 7.11 Å². The fraction of sp³-hybridized carbons (Fsp3) is 0.700. The van der Waals surface area contributed by atoms with Crippen LogP contribution < -0.4 is 0 Å². The molecule has 0 N–H and O–H groups in total. The van der Waals surface area contributed by atoms with Gasteiger partial charge in [-0.2, -0.15) is 0 Å². The average Bonchev–Trinajstić information content (AvgIpc) is 2.60. The molecule has 1 unspecified atom stereocenters. The lowest BCUT2D eigenvalue weighted by Gasteiger charge is -2.51. The first kappa shape index (κ1) is 25.0. The molecule has 174 valence electrons. The molecule has 0 aliphatic carbocycles. The van der Waals surface area contributed by atoms with E-state index >= 15 is 0 Å². The molecule has 0 aromatic carbocycles. The van der Waals surface area contributed by atoms with E-state index in [1.54, 1.807) is 41.5 Å². The van der Waals surface area contributed by atoms with Crippen molar-refractivity contribution < 1.29 is 41.8 Å². The third kappa shape index (κ3) is 4.38. The summed E-state index contributed by atoms with van der Waals surface area (Å²) in [5, 5.41) is -1.54. The van der Waals surface area contributed by atoms with E-state index in [0.717, 1.165) is 11.8 Å². The zero-order valence-corrected chi connectivity index (χ0v) is 19.8. The number of Topliss-reactive ketones (excluding diaryl/α,β-unsaturated/α-hetero) is 1. The first-order chi connectivity index (χ1) is 14.0. The molecule has 2 rings (SSSR count). The van der Waals surface area contributed by atoms with Crippen LogP contribution in [-0.2, 0) is 43.2 Å². The minimum Gasteiger partial charge on any atom is -0.461 e. The highest BCUT2D eigenvalue weighted by molar-refractivity contribution is 7.93. The van der Waals surface area contributed by atoms with Gasteiger partial charge in [-0.3, -0.25) is 24.1 Å². The summed E-state index contributed by atoms with van der Waals surface area (Å²) in [6, 6.07) is 0. The third-order valence-electron chi connectivity index (χ3n) is 4.87. The molecule has 0 bridgehead atoms. The Morgan fingerprint density at radius 1 is 1.03 bits per heavy atom. The van der Waals surface area contributed by atoms with E-state index in [0.29, 0.717) is 0 Å². The quantitative estimate of drug-likeness (QED) is 0.435. The first-order valence-corrected chi connectivity index (χ1v) is 11.3. The van der Waals surface area contributed by atoms with Crippen LogP contribution in [0.25, 0.3) is 0 Å². The van der Waals surface area contributed by atoms with Gasteiger partial charge in [-0.05, 0) is 20.8 Å². The molecule has 1 amide bonds. The maximum Gasteiger partial charge on any atom is 0.312 e. The summed E-state index contributed by atoms with van der Waals surface area (Å²) >= 11 is 0. The SMILES string of the molecule is CO[C@H]1C(=O)N2C(C(=O)C(C)(C)C)=C(COC(C)=O)C(OC(=O)C(C)(C)C)S(=O)(=O)[C@H]12. The Morgan fingerprint density at radius 2 is 1.58 bits per heavy atom. The molecule has 2 aliphatic heterocycles. The molecule has 31 heavy (non-hydrogen) atoms. The van der Waals surface area contributed by atoms with E-state index in [9.17, 15) is 27.6 Å². The fourth-order valence-corrected chi connectivity index (χ4v) is 5.27. The number of ether oxygens (including phenoxy) is 3. The van der Waals surface area contributed by atoms with Crippen LogP contribution in [0.2, 0.25) is 0 Å². The van der Waals surface area contributed by atoms with Gasteiger partial charge in [-0.25, -0.2) is 8.42 Å². The van der Waals surface area contributed by atoms with Crippen molar-refractivity contribution in [3.8, 4) is 0 Å². The Balaban J connectivity index is 2.79. The summed E-state index contributed by atoms with van der Waals surface area (Å²) in [5.74, 6) is -2.85. The molecule has 0 aromatic rings. The van der Waals surface area contributed by atoms with Gasteiger partial charge in [0.25, 0.3) is 5.91 Å². The van der Waals surface area contributed by atoms with Crippen molar-refractivity contribution >= 4 is 33.5 Å². The molecule has 1 saturated heterocycles. The van der Waals surface area contributed by atoms with Gasteiger partial charge in [0.1, 0.15) is 6.61 Å². The highest BCUT2D eigenvalue weighted by atomic mass is 32.2. The molecule has 2 aliphatic rings. The third-order valence-corrected chi connectivity index (χ3v) is 6.98. The lowest BCUT2D eigenvalue weighted by molar-refractivity contribution is -0.163. The predicted octanol–water partition coefficient (Wildman–Crippen LogP) is 0.946. The number of amides is 1. The molecule has 10 nitrogen and oxygen atoms in total. The number of rotatable bonds is 5. The van der Waals surface area contributed by atoms with Crippen molar-refractivity contribution in [1.82, 2.24) is 4.90 Å². The zero-order chi connectivity index (χ0) is 24.1. The molecule has 0 spiro atoms. The lowest BCUT2D eigenvalue weighted by Crippen LogP contribution is -2.72. The minimum atomic E-state index is -4.39. The summed E-state index contributed by atoms with van der Waals surface area (Å²) in [6.07, 6.45) is -1.35. The van der Waals surface area contributed by atoms with Crippen LogP contribution in [0.3, 0.4) is 0 Å². The van der Waals surface area contributed by atoms with Crippen LogP contribution >= 0.6 is 0 Å². The van der Waals surface area contributed by atoms with Crippen molar-refractivity contribution in [2.75, 3.05) is 13.7 Å². The van der Waals surface area contributed by atoms with Crippen LogP contribution in [0.4, 0.5) is 0 Å². The highest BCUT2D eigenvalue weighted by Gasteiger charge is 2.65. The predicted molar refractivity (Wildman–Crippen MR) is 108 cm³/mol. The second-order valence-electron chi connectivity index (χ2n) is 9.56. The summed E-state index contributed by atoms with van der Waals surface area (Å²) in [4.78, 5) is 50.8. The number of esters is 2. The molecular weight excluding hydrogens is 430 g/mol. The second-order valence-corrected chi connectivity index (χ2v) is 11.7. The van der Waals surface area contributed by atoms with E-state index < -0.39 is 67.8 Å². The number of sulfone groups is 1. The van der Waals surface area contributed by atoms with E-state index in [-0.39, 0.29) is 11.3 Å². The molecule has 3 atom stereocenters. The van der Waals surface area contributed by atoms with E-state index in [1.807, 2.05) is 0 Å². The largest absolute Gasteiger partial charge is 0.461 e. The van der Waals surface area contributed by atoms with Gasteiger partial charge in [0.15, 0.2) is 17.3 Å². The summed E-state index contributed by atoms with van der Waals surface area (Å²) in [6.45, 7) is 9.88. The van der Waals surface area contributed by atoms with E-state index in [2.05, 4.69) is 0 Å². The Hall–Kier alpha value is -2.27. The van der Waals surface area contributed by atoms with Crippen LogP contribution in [-0.4, -0.2) is 67.6 Å². The number of carbonyl (C=O) groups is 4. The Labute approximate surface area is 181 Å². The van der Waals surface area contributed by atoms with Crippen LogP contribution in [0.1, 0.15) is 48.5 Å². The molecule has 0 aromatic heterocycles. The standard InChI is InChI=1S/C20H29NO9S/c1-10(22)29-9-11-12(14(23)19(2,3)4)21-15(24)13(28-8)16(21)31(26,27)17(11)30-18(25)20(5,6)7/h13,16-17H,9H2,1-8H3/t13-,16+,17?/m0/s1. The molecule has 0 saturated carbocycles. The van der Waals surface area contributed by atoms with Crippen molar-refractivity contribution in [3.05, 3.63) is 11.3 Å². The average molecular weight is 460 g/mol. The number of carbonyl (C=O) groups excluding carboxylic acids is 4. The van der Waals surface area contributed by atoms with Gasteiger partial charge in [-0.1, -0.05) is 20.8 Å². The number of hydrogen-bond acceptors (Lipinski definition) is 9. The highest BCUT2D eigenvalue weighted by Crippen LogP contribution is 2.44. The Kier molecular flexibility index (Phi) is 6.46. The number of methoxy groups -OCH3 is 1. The van der Waals surface area contributed by atoms with Crippen molar-refractivity contribution in [2.24, 2.45) is 10.8 Å². The number of fused-ring (bicyclic) bond motifs is 1. The van der Waals surface area contributed by atoms with Gasteiger partial charge in [-0.15, -0.1) is 0 Å². The smallest absolute Gasteiger partial charge is 0.312 e. The maximum absolute atomic E-state index is 13.4. The number of β-lactam (4-membered cyclic amide) rings is 1. The molecule has 2 heterocycles. The van der Waals surface area contributed by atoms with Crippen molar-refractivity contribution in [2.45, 2.75) is 65.4 Å². The van der Waals surface area contributed by atoms with Gasteiger partial charge in [0.2, 0.25) is 15.3 Å². The van der Waals surface area contributed by atoms with Gasteiger partial charge in [0, 0.05) is 19.4 Å². The number of nitrogens with zero attached hydrogens (tertiary/aromatic N) is 1. The minimum absolute atomic E-state index is 0.251. The van der Waals surface area contributed by atoms with Crippen LogP contribution in [0, 0.1) is 10.8 Å². The second kappa shape index (κ2) is 8.01. The Morgan fingerprint density at radius 3 is 2.00 bits per heavy atom. The summed E-state index contributed by atoms with van der Waals surface area (Å²) in [5.41, 5.74) is -4.50. The number of ketones is 1. The molecule has 0 radical (unpaired) electrons. The first-order valence-electron chi connectivity index (χ1n) is 9.67. The normalized spacial score (nSPS) is 25.5. The van der Waals surface area contributed by atoms with Gasteiger partial charge >= 0.3 is 11.9 Å².